The lowest BCUT2D eigenvalue weighted by Crippen LogP contribution is -2.60. The first kappa shape index (κ1) is 11.9. The second-order valence-corrected chi connectivity index (χ2v) is 4.70. The fourth-order valence-electron chi connectivity index (χ4n) is 2.28. The first-order chi connectivity index (χ1) is 6.44. The molecule has 0 bridgehead atoms. The lowest BCUT2D eigenvalue weighted by molar-refractivity contribution is -0.166. The Hall–Kier alpha value is -0.160. The second-order valence-electron chi connectivity index (χ2n) is 4.70. The molecule has 0 amide bonds. The zero-order valence-corrected chi connectivity index (χ0v) is 9.36. The topological polar surface area (TPSA) is 64.7 Å². The first-order valence-corrected chi connectivity index (χ1v) is 4.93. The van der Waals surface area contributed by atoms with Gasteiger partial charge in [0.05, 0.1) is 6.10 Å². The highest BCUT2D eigenvalue weighted by Crippen LogP contribution is 2.37. The van der Waals surface area contributed by atoms with E-state index >= 15 is 0 Å². The predicted molar refractivity (Wildman–Crippen MR) is 54.0 cm³/mol. The van der Waals surface area contributed by atoms with Crippen LogP contribution in [-0.4, -0.2) is 43.7 Å². The molecule has 14 heavy (non-hydrogen) atoms. The summed E-state index contributed by atoms with van der Waals surface area (Å²) in [7, 11) is 3.18. The van der Waals surface area contributed by atoms with E-state index in [9.17, 15) is 5.11 Å². The summed E-state index contributed by atoms with van der Waals surface area (Å²) in [6, 6.07) is -0.0802. The quantitative estimate of drug-likeness (QED) is 0.670. The Balaban J connectivity index is 2.85. The summed E-state index contributed by atoms with van der Waals surface area (Å²) in [5, 5.41) is 10.1. The summed E-state index contributed by atoms with van der Waals surface area (Å²) in [6.07, 6.45) is -0.342. The maximum atomic E-state index is 10.1. The van der Waals surface area contributed by atoms with E-state index in [0.717, 1.165) is 6.42 Å². The van der Waals surface area contributed by atoms with Crippen LogP contribution in [-0.2, 0) is 9.47 Å². The number of hydrogen-bond donors (Lipinski definition) is 2. The Kier molecular flexibility index (Phi) is 3.53. The van der Waals surface area contributed by atoms with Crippen LogP contribution in [0.2, 0.25) is 0 Å². The maximum Gasteiger partial charge on any atom is 0.111 e. The molecule has 0 aliphatic heterocycles. The highest BCUT2D eigenvalue weighted by Gasteiger charge is 2.47. The Morgan fingerprint density at radius 3 is 2.14 bits per heavy atom. The molecule has 0 aromatic carbocycles. The highest BCUT2D eigenvalue weighted by molar-refractivity contribution is 5.00. The van der Waals surface area contributed by atoms with Gasteiger partial charge >= 0.3 is 0 Å². The molecule has 1 aliphatic carbocycles. The molecule has 4 atom stereocenters. The minimum atomic E-state index is -0.530. The van der Waals surface area contributed by atoms with Crippen molar-refractivity contribution < 1.29 is 14.6 Å². The summed E-state index contributed by atoms with van der Waals surface area (Å²) >= 11 is 0. The Labute approximate surface area is 85.4 Å². The molecule has 3 N–H and O–H groups in total. The third-order valence-corrected chi connectivity index (χ3v) is 3.16. The van der Waals surface area contributed by atoms with Crippen molar-refractivity contribution in [3.63, 3.8) is 0 Å². The molecule has 4 heteroatoms. The molecule has 0 aromatic heterocycles. The van der Waals surface area contributed by atoms with Crippen molar-refractivity contribution in [1.29, 1.82) is 0 Å². The van der Waals surface area contributed by atoms with Gasteiger partial charge in [0, 0.05) is 20.3 Å². The average Bonchev–Trinajstić information content (AvgIpc) is 2.10. The van der Waals surface area contributed by atoms with E-state index in [4.69, 9.17) is 15.2 Å². The van der Waals surface area contributed by atoms with E-state index in [1.807, 2.05) is 13.8 Å². The van der Waals surface area contributed by atoms with Crippen LogP contribution >= 0.6 is 0 Å². The van der Waals surface area contributed by atoms with Crippen molar-refractivity contribution in [3.8, 4) is 0 Å². The highest BCUT2D eigenvalue weighted by atomic mass is 16.5. The molecule has 1 saturated carbocycles. The van der Waals surface area contributed by atoms with Crippen LogP contribution in [0.3, 0.4) is 0 Å². The van der Waals surface area contributed by atoms with Gasteiger partial charge in [-0.3, -0.25) is 0 Å². The number of methoxy groups -OCH3 is 2. The van der Waals surface area contributed by atoms with Gasteiger partial charge in [-0.15, -0.1) is 0 Å². The Morgan fingerprint density at radius 2 is 1.71 bits per heavy atom. The summed E-state index contributed by atoms with van der Waals surface area (Å²) < 4.78 is 10.5. The van der Waals surface area contributed by atoms with Crippen LogP contribution in [0.25, 0.3) is 0 Å². The molecule has 0 aromatic rings. The van der Waals surface area contributed by atoms with E-state index in [-0.39, 0.29) is 23.7 Å². The number of hydrogen-bond acceptors (Lipinski definition) is 4. The molecule has 84 valence electrons. The van der Waals surface area contributed by atoms with Crippen molar-refractivity contribution in [2.45, 2.75) is 44.6 Å². The van der Waals surface area contributed by atoms with E-state index in [2.05, 4.69) is 0 Å². The molecule has 4 nitrogen and oxygen atoms in total. The summed E-state index contributed by atoms with van der Waals surface area (Å²) in [5.41, 5.74) is 5.76. The largest absolute Gasteiger partial charge is 0.390 e. The van der Waals surface area contributed by atoms with Gasteiger partial charge in [-0.25, -0.2) is 0 Å². The molecule has 0 unspecified atom stereocenters. The van der Waals surface area contributed by atoms with E-state index < -0.39 is 6.10 Å². The van der Waals surface area contributed by atoms with Crippen LogP contribution in [0.4, 0.5) is 0 Å². The molecule has 0 radical (unpaired) electrons. The van der Waals surface area contributed by atoms with Crippen molar-refractivity contribution in [3.05, 3.63) is 0 Å². The third kappa shape index (κ3) is 1.93. The molecular formula is C10H21NO3. The van der Waals surface area contributed by atoms with Crippen LogP contribution in [0.1, 0.15) is 20.3 Å². The lowest BCUT2D eigenvalue weighted by atomic mass is 9.70. The normalized spacial score (nSPS) is 42.4. The number of aliphatic hydroxyl groups is 1. The van der Waals surface area contributed by atoms with Crippen molar-refractivity contribution >= 4 is 0 Å². The van der Waals surface area contributed by atoms with Crippen molar-refractivity contribution in [2.75, 3.05) is 14.2 Å². The van der Waals surface area contributed by atoms with Gasteiger partial charge in [0.25, 0.3) is 0 Å². The van der Waals surface area contributed by atoms with E-state index in [0.29, 0.717) is 0 Å². The molecule has 1 fully saturated rings. The van der Waals surface area contributed by atoms with Crippen molar-refractivity contribution in [1.82, 2.24) is 0 Å². The van der Waals surface area contributed by atoms with Crippen LogP contribution in [0.5, 0.6) is 0 Å². The molecule has 1 aliphatic rings. The smallest absolute Gasteiger partial charge is 0.111 e. The zero-order chi connectivity index (χ0) is 10.9. The monoisotopic (exact) mass is 203 g/mol. The van der Waals surface area contributed by atoms with Gasteiger partial charge in [0.2, 0.25) is 0 Å². The van der Waals surface area contributed by atoms with Crippen LogP contribution < -0.4 is 5.73 Å². The lowest BCUT2D eigenvalue weighted by Gasteiger charge is -2.46. The minimum absolute atomic E-state index is 0.0802. The number of aliphatic hydroxyl groups excluding tert-OH is 1. The van der Waals surface area contributed by atoms with Gasteiger partial charge in [0.1, 0.15) is 12.2 Å². The zero-order valence-electron chi connectivity index (χ0n) is 9.36. The van der Waals surface area contributed by atoms with E-state index in [1.165, 1.54) is 0 Å². The second kappa shape index (κ2) is 4.14. The standard InChI is InChI=1S/C10H21NO3/c1-10(2)5-6(11)7(13-3)8(14-4)9(10)12/h6-9,12H,5,11H2,1-4H3/t6-,7+,8-,9+/m0/s1. The Bertz CT molecular complexity index is 194. The Morgan fingerprint density at radius 1 is 1.21 bits per heavy atom. The van der Waals surface area contributed by atoms with Gasteiger partial charge in [0.15, 0.2) is 0 Å². The summed E-state index contributed by atoms with van der Waals surface area (Å²) in [6.45, 7) is 3.99. The maximum absolute atomic E-state index is 10.1. The van der Waals surface area contributed by atoms with Crippen LogP contribution in [0, 0.1) is 5.41 Å². The van der Waals surface area contributed by atoms with Gasteiger partial charge in [-0.05, 0) is 11.8 Å². The fraction of sp³-hybridized carbons (Fsp3) is 1.00. The minimum Gasteiger partial charge on any atom is -0.390 e. The predicted octanol–water partition coefficient (Wildman–Crippen LogP) is 0.134. The van der Waals surface area contributed by atoms with E-state index in [1.54, 1.807) is 14.2 Å². The molecular weight excluding hydrogens is 182 g/mol. The molecule has 1 rings (SSSR count). The van der Waals surface area contributed by atoms with Gasteiger partial charge in [-0.1, -0.05) is 13.8 Å². The molecule has 0 heterocycles. The fourth-order valence-corrected chi connectivity index (χ4v) is 2.28. The first-order valence-electron chi connectivity index (χ1n) is 4.93. The summed E-state index contributed by atoms with van der Waals surface area (Å²) in [5.74, 6) is 0. The third-order valence-electron chi connectivity index (χ3n) is 3.16. The SMILES string of the molecule is CO[C@H]1[C@H](OC)[C@@H](N)CC(C)(C)[C@@H]1O. The number of rotatable bonds is 2. The van der Waals surface area contributed by atoms with Gasteiger partial charge in [-0.2, -0.15) is 0 Å². The van der Waals surface area contributed by atoms with Gasteiger partial charge < -0.3 is 20.3 Å². The number of ether oxygens (including phenoxy) is 2. The van der Waals surface area contributed by atoms with Crippen LogP contribution in [0.15, 0.2) is 0 Å². The summed E-state index contributed by atoms with van der Waals surface area (Å²) in [4.78, 5) is 0. The molecule has 0 saturated heterocycles. The average molecular weight is 203 g/mol. The van der Waals surface area contributed by atoms with Crippen molar-refractivity contribution in [2.24, 2.45) is 11.1 Å². The number of nitrogens with two attached hydrogens (primary N) is 1. The molecule has 0 spiro atoms.